The average Bonchev–Trinajstić information content (AvgIpc) is 2.96. The monoisotopic (exact) mass is 626 g/mol. The van der Waals surface area contributed by atoms with E-state index in [0.29, 0.717) is 48.0 Å². The van der Waals surface area contributed by atoms with Gasteiger partial charge in [0, 0.05) is 38.8 Å². The van der Waals surface area contributed by atoms with E-state index in [0.717, 1.165) is 64.5 Å². The minimum atomic E-state index is -0.211. The molecule has 0 spiro atoms. The zero-order valence-corrected chi connectivity index (χ0v) is 29.1. The molecule has 10 nitrogen and oxygen atoms in total. The summed E-state index contributed by atoms with van der Waals surface area (Å²) in [5.74, 6) is -0.178. The fourth-order valence-corrected chi connectivity index (χ4v) is 5.02. The van der Waals surface area contributed by atoms with Crippen LogP contribution in [0, 0.1) is 0 Å². The third kappa shape index (κ3) is 27.1. The second kappa shape index (κ2) is 25.8. The molecule has 2 amide bonds. The molecule has 2 N–H and O–H groups in total. The zero-order valence-electron chi connectivity index (χ0n) is 29.1. The van der Waals surface area contributed by atoms with E-state index in [1.165, 1.54) is 52.7 Å². The molecule has 0 saturated carbocycles. The molecule has 0 bridgehead atoms. The molecule has 0 aliphatic carbocycles. The van der Waals surface area contributed by atoms with Crippen LogP contribution in [0.25, 0.3) is 0 Å². The van der Waals surface area contributed by atoms with Crippen molar-refractivity contribution in [3.63, 3.8) is 0 Å². The smallest absolute Gasteiger partial charge is 0.361 e. The normalized spacial score (nSPS) is 11.9. The van der Waals surface area contributed by atoms with Crippen molar-refractivity contribution < 1.29 is 37.6 Å². The second-order valence-corrected chi connectivity index (χ2v) is 13.3. The van der Waals surface area contributed by atoms with Gasteiger partial charge in [0.2, 0.25) is 11.8 Å². The van der Waals surface area contributed by atoms with Crippen LogP contribution >= 0.6 is 0 Å². The Bertz CT molecular complexity index is 763. The minimum absolute atomic E-state index is 0.122. The van der Waals surface area contributed by atoms with Gasteiger partial charge in [-0.15, -0.1) is 0 Å². The number of quaternary nitrogens is 2. The predicted octanol–water partition coefficient (Wildman–Crippen LogP) is 4.52. The van der Waals surface area contributed by atoms with E-state index in [-0.39, 0.29) is 23.8 Å². The summed E-state index contributed by atoms with van der Waals surface area (Å²) in [6.45, 7) is 3.61. The van der Waals surface area contributed by atoms with Crippen LogP contribution < -0.4 is 10.6 Å². The molecule has 44 heavy (non-hydrogen) atoms. The van der Waals surface area contributed by atoms with E-state index >= 15 is 0 Å². The standard InChI is InChI=1S/C34H64N4O6/c1-37(2,29-33(41)43-5)27-21-25-35-31(39)23-19-17-15-13-11-9-7-8-10-12-14-16-18-20-24-32(40)36-26-22-28-38(3,4)30-34(42)44-6/h7-8H,9-30H2,1-6H3/p+2/b8-7+. The molecular formula is C34H66N4O6+2. The molecular weight excluding hydrogens is 560 g/mol. The molecule has 0 aromatic rings. The molecule has 0 aliphatic heterocycles. The number of allylic oxidation sites excluding steroid dienone is 2. The van der Waals surface area contributed by atoms with Crippen molar-refractivity contribution in [2.75, 3.05) is 81.7 Å². The van der Waals surface area contributed by atoms with Gasteiger partial charge >= 0.3 is 11.9 Å². The molecule has 0 saturated heterocycles. The van der Waals surface area contributed by atoms with Crippen molar-refractivity contribution >= 4 is 23.8 Å². The van der Waals surface area contributed by atoms with Gasteiger partial charge in [0.1, 0.15) is 0 Å². The van der Waals surface area contributed by atoms with Crippen molar-refractivity contribution in [3.05, 3.63) is 12.2 Å². The molecule has 0 rings (SSSR count). The summed E-state index contributed by atoms with van der Waals surface area (Å²) >= 11 is 0. The van der Waals surface area contributed by atoms with E-state index in [2.05, 4.69) is 22.8 Å². The van der Waals surface area contributed by atoms with Gasteiger partial charge < -0.3 is 29.1 Å². The summed E-state index contributed by atoms with van der Waals surface area (Å²) in [7, 11) is 10.8. The Labute approximate surface area is 268 Å². The van der Waals surface area contributed by atoms with Crippen LogP contribution in [0.1, 0.15) is 103 Å². The Morgan fingerprint density at radius 2 is 0.864 bits per heavy atom. The number of ether oxygens (including phenoxy) is 2. The van der Waals surface area contributed by atoms with Gasteiger partial charge in [-0.25, -0.2) is 9.59 Å². The maximum atomic E-state index is 12.0. The number of unbranched alkanes of at least 4 members (excludes halogenated alkanes) is 10. The lowest BCUT2D eigenvalue weighted by Crippen LogP contribution is -2.45. The highest BCUT2D eigenvalue weighted by atomic mass is 16.5. The highest BCUT2D eigenvalue weighted by molar-refractivity contribution is 5.76. The number of rotatable bonds is 28. The Morgan fingerprint density at radius 3 is 1.23 bits per heavy atom. The number of likely N-dealkylation sites (N-methyl/N-ethyl adjacent to an activating group) is 2. The number of esters is 2. The van der Waals surface area contributed by atoms with E-state index in [9.17, 15) is 19.2 Å². The molecule has 256 valence electrons. The summed E-state index contributed by atoms with van der Waals surface area (Å²) in [4.78, 5) is 46.9. The average molecular weight is 627 g/mol. The van der Waals surface area contributed by atoms with Crippen molar-refractivity contribution in [1.29, 1.82) is 0 Å². The first kappa shape index (κ1) is 41.5. The van der Waals surface area contributed by atoms with Gasteiger partial charge in [0.05, 0.1) is 55.5 Å². The summed E-state index contributed by atoms with van der Waals surface area (Å²) in [6, 6.07) is 0. The van der Waals surface area contributed by atoms with E-state index in [1.54, 1.807) is 0 Å². The van der Waals surface area contributed by atoms with Gasteiger partial charge in [-0.05, 0) is 38.5 Å². The van der Waals surface area contributed by atoms with Crippen LogP contribution in [0.2, 0.25) is 0 Å². The van der Waals surface area contributed by atoms with Gasteiger partial charge in [-0.1, -0.05) is 50.7 Å². The predicted molar refractivity (Wildman–Crippen MR) is 177 cm³/mol. The summed E-state index contributed by atoms with van der Waals surface area (Å²) in [6.07, 6.45) is 21.0. The highest BCUT2D eigenvalue weighted by Crippen LogP contribution is 2.10. The lowest BCUT2D eigenvalue weighted by molar-refractivity contribution is -0.883. The van der Waals surface area contributed by atoms with Gasteiger partial charge in [0.15, 0.2) is 13.1 Å². The number of nitrogens with zero attached hydrogens (tertiary/aromatic N) is 2. The molecule has 0 aliphatic rings. The van der Waals surface area contributed by atoms with Gasteiger partial charge in [0.25, 0.3) is 0 Å². The van der Waals surface area contributed by atoms with Crippen molar-refractivity contribution in [1.82, 2.24) is 10.6 Å². The summed E-state index contributed by atoms with van der Waals surface area (Å²) in [5.41, 5.74) is 0. The Kier molecular flexibility index (Phi) is 24.4. The van der Waals surface area contributed by atoms with Gasteiger partial charge in [-0.3, -0.25) is 9.59 Å². The molecule has 0 unspecified atom stereocenters. The van der Waals surface area contributed by atoms with Crippen LogP contribution in [0.4, 0.5) is 0 Å². The summed E-state index contributed by atoms with van der Waals surface area (Å²) < 4.78 is 10.6. The molecule has 0 radical (unpaired) electrons. The Balaban J connectivity index is 3.50. The largest absolute Gasteiger partial charge is 0.465 e. The van der Waals surface area contributed by atoms with Crippen LogP contribution in [-0.2, 0) is 28.7 Å². The maximum Gasteiger partial charge on any atom is 0.361 e. The number of methoxy groups -OCH3 is 2. The number of amides is 2. The number of hydrogen-bond donors (Lipinski definition) is 2. The fourth-order valence-electron chi connectivity index (χ4n) is 5.02. The summed E-state index contributed by atoms with van der Waals surface area (Å²) in [5, 5.41) is 5.99. The number of hydrogen-bond acceptors (Lipinski definition) is 6. The fraction of sp³-hybridized carbons (Fsp3) is 0.824. The first-order valence-electron chi connectivity index (χ1n) is 16.9. The van der Waals surface area contributed by atoms with Gasteiger partial charge in [-0.2, -0.15) is 0 Å². The van der Waals surface area contributed by atoms with Crippen LogP contribution in [-0.4, -0.2) is 114 Å². The Hall–Kier alpha value is -2.46. The minimum Gasteiger partial charge on any atom is -0.465 e. The van der Waals surface area contributed by atoms with E-state index in [4.69, 9.17) is 9.47 Å². The lowest BCUT2D eigenvalue weighted by atomic mass is 10.1. The van der Waals surface area contributed by atoms with E-state index in [1.807, 2.05) is 28.2 Å². The lowest BCUT2D eigenvalue weighted by Gasteiger charge is -2.28. The van der Waals surface area contributed by atoms with Crippen LogP contribution in [0.15, 0.2) is 12.2 Å². The molecule has 0 heterocycles. The Morgan fingerprint density at radius 1 is 0.523 bits per heavy atom. The first-order valence-corrected chi connectivity index (χ1v) is 16.9. The maximum absolute atomic E-state index is 12.0. The quantitative estimate of drug-likeness (QED) is 0.0572. The van der Waals surface area contributed by atoms with Crippen LogP contribution in [0.3, 0.4) is 0 Å². The van der Waals surface area contributed by atoms with Crippen molar-refractivity contribution in [2.24, 2.45) is 0 Å². The molecule has 0 atom stereocenters. The van der Waals surface area contributed by atoms with E-state index < -0.39 is 0 Å². The highest BCUT2D eigenvalue weighted by Gasteiger charge is 2.21. The third-order valence-electron chi connectivity index (χ3n) is 7.81. The SMILES string of the molecule is COC(=O)C[N+](C)(C)CCCNC(=O)CCCCCCC/C=C/CCCCCCCC(=O)NCCC[N+](C)(C)CC(=O)OC. The third-order valence-corrected chi connectivity index (χ3v) is 7.81. The van der Waals surface area contributed by atoms with Crippen LogP contribution in [0.5, 0.6) is 0 Å². The molecule has 0 aromatic carbocycles. The second-order valence-electron chi connectivity index (χ2n) is 13.3. The molecule has 0 aromatic heterocycles. The zero-order chi connectivity index (χ0) is 33.1. The number of carbonyl (C=O) groups is 4. The first-order chi connectivity index (χ1) is 20.9. The topological polar surface area (TPSA) is 111 Å². The number of carbonyl (C=O) groups excluding carboxylic acids is 4. The number of nitrogens with one attached hydrogen (secondary N) is 2. The van der Waals surface area contributed by atoms with Crippen molar-refractivity contribution in [2.45, 2.75) is 103 Å². The molecule has 10 heteroatoms. The molecule has 0 fully saturated rings. The van der Waals surface area contributed by atoms with Crippen molar-refractivity contribution in [3.8, 4) is 0 Å².